The van der Waals surface area contributed by atoms with Gasteiger partial charge in [0.25, 0.3) is 0 Å². The largest absolute Gasteiger partial charge is 0.491 e. The van der Waals surface area contributed by atoms with Crippen molar-refractivity contribution in [3.63, 3.8) is 0 Å². The van der Waals surface area contributed by atoms with Crippen LogP contribution in [0, 0.1) is 0 Å². The molecule has 1 aromatic carbocycles. The Hall–Kier alpha value is -1.06. The molecule has 3 heteroatoms. The van der Waals surface area contributed by atoms with E-state index >= 15 is 0 Å². The maximum Gasteiger partial charge on any atom is 0.119 e. The molecular weight excluding hydrogens is 202 g/mol. The van der Waals surface area contributed by atoms with Crippen LogP contribution in [-0.2, 0) is 0 Å². The van der Waals surface area contributed by atoms with Crippen LogP contribution >= 0.6 is 0 Å². The van der Waals surface area contributed by atoms with Gasteiger partial charge in [-0.1, -0.05) is 12.1 Å². The highest BCUT2D eigenvalue weighted by atomic mass is 16.5. The molecule has 1 unspecified atom stereocenters. The topological polar surface area (TPSA) is 41.5 Å². The normalized spacial score (nSPS) is 12.8. The third-order valence-corrected chi connectivity index (χ3v) is 2.30. The molecule has 1 rings (SSSR count). The van der Waals surface area contributed by atoms with Crippen LogP contribution in [0.25, 0.3) is 0 Å². The van der Waals surface area contributed by atoms with Gasteiger partial charge in [-0.15, -0.1) is 0 Å². The number of rotatable bonds is 6. The molecule has 90 valence electrons. The summed E-state index contributed by atoms with van der Waals surface area (Å²) in [6, 6.07) is 7.63. The second-order valence-corrected chi connectivity index (χ2v) is 4.14. The molecule has 0 radical (unpaired) electrons. The van der Waals surface area contributed by atoms with E-state index in [1.165, 1.54) is 0 Å². The average Bonchev–Trinajstić information content (AvgIpc) is 2.26. The summed E-state index contributed by atoms with van der Waals surface area (Å²) >= 11 is 0. The summed E-state index contributed by atoms with van der Waals surface area (Å²) in [5.74, 6) is 0.847. The van der Waals surface area contributed by atoms with Gasteiger partial charge < -0.3 is 15.2 Å². The van der Waals surface area contributed by atoms with Crippen molar-refractivity contribution in [1.29, 1.82) is 0 Å². The van der Waals surface area contributed by atoms with Crippen molar-refractivity contribution in [2.75, 3.05) is 13.6 Å². The molecule has 0 saturated carbocycles. The summed E-state index contributed by atoms with van der Waals surface area (Å²) in [4.78, 5) is 0. The highest BCUT2D eigenvalue weighted by molar-refractivity contribution is 5.28. The molecule has 0 heterocycles. The zero-order chi connectivity index (χ0) is 12.0. The van der Waals surface area contributed by atoms with Crippen LogP contribution in [0.15, 0.2) is 24.3 Å². The second-order valence-electron chi connectivity index (χ2n) is 4.14. The quantitative estimate of drug-likeness (QED) is 0.776. The van der Waals surface area contributed by atoms with Gasteiger partial charge in [0.2, 0.25) is 0 Å². The first-order chi connectivity index (χ1) is 7.63. The first kappa shape index (κ1) is 13.0. The molecule has 0 saturated heterocycles. The van der Waals surface area contributed by atoms with Crippen LogP contribution < -0.4 is 10.1 Å². The Morgan fingerprint density at radius 1 is 1.25 bits per heavy atom. The molecule has 1 atom stereocenters. The highest BCUT2D eigenvalue weighted by Gasteiger charge is 2.06. The molecule has 0 bridgehead atoms. The van der Waals surface area contributed by atoms with Crippen molar-refractivity contribution in [3.8, 4) is 5.75 Å². The van der Waals surface area contributed by atoms with Crippen LogP contribution in [0.4, 0.5) is 0 Å². The lowest BCUT2D eigenvalue weighted by Gasteiger charge is -2.13. The monoisotopic (exact) mass is 223 g/mol. The van der Waals surface area contributed by atoms with Crippen molar-refractivity contribution in [1.82, 2.24) is 5.32 Å². The third kappa shape index (κ3) is 4.21. The maximum atomic E-state index is 9.84. The van der Waals surface area contributed by atoms with E-state index in [4.69, 9.17) is 4.74 Å². The van der Waals surface area contributed by atoms with Gasteiger partial charge in [-0.3, -0.25) is 0 Å². The fourth-order valence-corrected chi connectivity index (χ4v) is 1.49. The van der Waals surface area contributed by atoms with Crippen LogP contribution in [0.2, 0.25) is 0 Å². The van der Waals surface area contributed by atoms with Gasteiger partial charge in [0.05, 0.1) is 12.2 Å². The van der Waals surface area contributed by atoms with Crippen molar-refractivity contribution < 1.29 is 9.84 Å². The predicted molar refractivity (Wildman–Crippen MR) is 65.7 cm³/mol. The molecule has 0 amide bonds. The first-order valence-electron chi connectivity index (χ1n) is 5.72. The van der Waals surface area contributed by atoms with Crippen molar-refractivity contribution in [2.24, 2.45) is 0 Å². The van der Waals surface area contributed by atoms with Crippen molar-refractivity contribution >= 4 is 0 Å². The summed E-state index contributed by atoms with van der Waals surface area (Å²) in [5, 5.41) is 12.9. The summed E-state index contributed by atoms with van der Waals surface area (Å²) in [7, 11) is 1.88. The van der Waals surface area contributed by atoms with E-state index in [-0.39, 0.29) is 6.10 Å². The molecule has 2 N–H and O–H groups in total. The minimum absolute atomic E-state index is 0.181. The Bertz CT molecular complexity index is 295. The predicted octanol–water partition coefficient (Wildman–Crippen LogP) is 2.12. The van der Waals surface area contributed by atoms with Gasteiger partial charge in [-0.25, -0.2) is 0 Å². The number of hydrogen-bond acceptors (Lipinski definition) is 3. The van der Waals surface area contributed by atoms with Crippen molar-refractivity contribution in [2.45, 2.75) is 32.5 Å². The molecule has 16 heavy (non-hydrogen) atoms. The first-order valence-corrected chi connectivity index (χ1v) is 5.72. The fourth-order valence-electron chi connectivity index (χ4n) is 1.49. The van der Waals surface area contributed by atoms with E-state index in [2.05, 4.69) is 5.32 Å². The molecule has 1 aromatic rings. The molecule has 3 nitrogen and oxygen atoms in total. The van der Waals surface area contributed by atoms with E-state index in [1.807, 2.05) is 45.2 Å². The SMILES string of the molecule is CNCCC(O)c1ccc(OC(C)C)cc1. The number of aliphatic hydroxyl groups excluding tert-OH is 1. The van der Waals surface area contributed by atoms with Gasteiger partial charge in [0, 0.05) is 0 Å². The Kier molecular flexibility index (Phi) is 5.29. The van der Waals surface area contributed by atoms with E-state index in [0.717, 1.165) is 24.3 Å². The lowest BCUT2D eigenvalue weighted by Crippen LogP contribution is -2.12. The Morgan fingerprint density at radius 3 is 2.38 bits per heavy atom. The number of aliphatic hydroxyl groups is 1. The van der Waals surface area contributed by atoms with Gasteiger partial charge in [0.15, 0.2) is 0 Å². The molecule has 0 aliphatic rings. The fraction of sp³-hybridized carbons (Fsp3) is 0.538. The van der Waals surface area contributed by atoms with E-state index in [1.54, 1.807) is 0 Å². The van der Waals surface area contributed by atoms with Gasteiger partial charge in [0.1, 0.15) is 5.75 Å². The Labute approximate surface area is 97.4 Å². The third-order valence-electron chi connectivity index (χ3n) is 2.30. The molecular formula is C13H21NO2. The maximum absolute atomic E-state index is 9.84. The van der Waals surface area contributed by atoms with Crippen molar-refractivity contribution in [3.05, 3.63) is 29.8 Å². The van der Waals surface area contributed by atoms with Gasteiger partial charge in [-0.2, -0.15) is 0 Å². The number of benzene rings is 1. The molecule has 0 aromatic heterocycles. The number of hydrogen-bond donors (Lipinski definition) is 2. The molecule has 0 spiro atoms. The zero-order valence-electron chi connectivity index (χ0n) is 10.2. The average molecular weight is 223 g/mol. The minimum atomic E-state index is -0.402. The summed E-state index contributed by atoms with van der Waals surface area (Å²) in [6.07, 6.45) is 0.501. The van der Waals surface area contributed by atoms with E-state index < -0.39 is 6.10 Å². The molecule has 0 aliphatic heterocycles. The lowest BCUT2D eigenvalue weighted by atomic mass is 10.1. The molecule has 0 aliphatic carbocycles. The van der Waals surface area contributed by atoms with Gasteiger partial charge >= 0.3 is 0 Å². The lowest BCUT2D eigenvalue weighted by molar-refractivity contribution is 0.167. The zero-order valence-corrected chi connectivity index (χ0v) is 10.2. The standard InChI is InChI=1S/C13H21NO2/c1-10(2)16-12-6-4-11(5-7-12)13(15)8-9-14-3/h4-7,10,13-15H,8-9H2,1-3H3. The minimum Gasteiger partial charge on any atom is -0.491 e. The Balaban J connectivity index is 2.56. The van der Waals surface area contributed by atoms with E-state index in [9.17, 15) is 5.11 Å². The van der Waals surface area contributed by atoms with E-state index in [0.29, 0.717) is 0 Å². The second kappa shape index (κ2) is 6.51. The van der Waals surface area contributed by atoms with Crippen LogP contribution in [0.1, 0.15) is 31.9 Å². The number of ether oxygens (including phenoxy) is 1. The van der Waals surface area contributed by atoms with Crippen LogP contribution in [-0.4, -0.2) is 24.8 Å². The van der Waals surface area contributed by atoms with Crippen LogP contribution in [0.5, 0.6) is 5.75 Å². The molecule has 0 fully saturated rings. The smallest absolute Gasteiger partial charge is 0.119 e. The summed E-state index contributed by atoms with van der Waals surface area (Å²) < 4.78 is 5.54. The summed E-state index contributed by atoms with van der Waals surface area (Å²) in [5.41, 5.74) is 0.936. The number of nitrogens with one attached hydrogen (secondary N) is 1. The Morgan fingerprint density at radius 2 is 1.88 bits per heavy atom. The van der Waals surface area contributed by atoms with Gasteiger partial charge in [-0.05, 0) is 51.6 Å². The van der Waals surface area contributed by atoms with Crippen LogP contribution in [0.3, 0.4) is 0 Å². The summed E-state index contributed by atoms with van der Waals surface area (Å²) in [6.45, 7) is 4.80. The highest BCUT2D eigenvalue weighted by Crippen LogP contribution is 2.20.